The zero-order chi connectivity index (χ0) is 12.8. The van der Waals surface area contributed by atoms with Crippen LogP contribution >= 0.6 is 0 Å². The molecule has 0 aromatic heterocycles. The summed E-state index contributed by atoms with van der Waals surface area (Å²) in [6.45, 7) is 3.06. The van der Waals surface area contributed by atoms with Gasteiger partial charge in [0.2, 0.25) is 0 Å². The van der Waals surface area contributed by atoms with E-state index in [2.05, 4.69) is 30.4 Å². The van der Waals surface area contributed by atoms with Crippen LogP contribution in [0.2, 0.25) is 0 Å². The van der Waals surface area contributed by atoms with E-state index in [1.807, 2.05) is 7.05 Å². The molecule has 0 saturated heterocycles. The Labute approximate surface area is 111 Å². The number of nitrogens with one attached hydrogen (secondary N) is 1. The number of fused-ring (bicyclic) bond motifs is 1. The highest BCUT2D eigenvalue weighted by Gasteiger charge is 2.11. The van der Waals surface area contributed by atoms with Gasteiger partial charge in [-0.1, -0.05) is 13.0 Å². The maximum atomic E-state index is 5.84. The third-order valence-corrected chi connectivity index (χ3v) is 3.94. The first-order valence-electron chi connectivity index (χ1n) is 7.25. The molecule has 0 aliphatic heterocycles. The highest BCUT2D eigenvalue weighted by molar-refractivity contribution is 5.38. The normalized spacial score (nSPS) is 15.4. The van der Waals surface area contributed by atoms with Gasteiger partial charge >= 0.3 is 0 Å². The molecule has 2 rings (SSSR count). The van der Waals surface area contributed by atoms with Crippen LogP contribution in [0.3, 0.4) is 0 Å². The lowest BCUT2D eigenvalue weighted by Crippen LogP contribution is -2.24. The number of hydrogen-bond acceptors (Lipinski definition) is 2. The van der Waals surface area contributed by atoms with Crippen molar-refractivity contribution in [3.63, 3.8) is 0 Å². The smallest absolute Gasteiger partial charge is 0.119 e. The summed E-state index contributed by atoms with van der Waals surface area (Å²) in [5.41, 5.74) is 3.01. The molecule has 0 heterocycles. The Bertz CT molecular complexity index is 371. The van der Waals surface area contributed by atoms with Crippen LogP contribution in [0.15, 0.2) is 18.2 Å². The number of aryl methyl sites for hydroxylation is 2. The van der Waals surface area contributed by atoms with E-state index < -0.39 is 0 Å². The van der Waals surface area contributed by atoms with Gasteiger partial charge in [0.15, 0.2) is 0 Å². The number of rotatable bonds is 7. The van der Waals surface area contributed by atoms with Crippen molar-refractivity contribution < 1.29 is 4.74 Å². The van der Waals surface area contributed by atoms with Crippen LogP contribution in [-0.4, -0.2) is 19.7 Å². The van der Waals surface area contributed by atoms with Crippen LogP contribution < -0.4 is 10.1 Å². The summed E-state index contributed by atoms with van der Waals surface area (Å²) >= 11 is 0. The van der Waals surface area contributed by atoms with Gasteiger partial charge in [0.1, 0.15) is 5.75 Å². The van der Waals surface area contributed by atoms with Crippen LogP contribution in [0.4, 0.5) is 0 Å². The standard InChI is InChI=1S/C16H25NO/c1-3-15(17-2)8-5-11-18-16-10-9-13-6-4-7-14(13)12-16/h9-10,12,15,17H,3-8,11H2,1-2H3. The maximum Gasteiger partial charge on any atom is 0.119 e. The lowest BCUT2D eigenvalue weighted by atomic mass is 10.1. The molecule has 1 N–H and O–H groups in total. The van der Waals surface area contributed by atoms with Crippen molar-refractivity contribution in [2.75, 3.05) is 13.7 Å². The zero-order valence-electron chi connectivity index (χ0n) is 11.7. The molecule has 1 unspecified atom stereocenters. The molecule has 0 bridgehead atoms. The Kier molecular flexibility index (Phi) is 5.06. The summed E-state index contributed by atoms with van der Waals surface area (Å²) in [5, 5.41) is 3.33. The minimum Gasteiger partial charge on any atom is -0.494 e. The second-order valence-electron chi connectivity index (χ2n) is 5.17. The largest absolute Gasteiger partial charge is 0.494 e. The van der Waals surface area contributed by atoms with Gasteiger partial charge in [-0.25, -0.2) is 0 Å². The SMILES string of the molecule is CCC(CCCOc1ccc2c(c1)CCC2)NC. The molecule has 0 radical (unpaired) electrons. The van der Waals surface area contributed by atoms with Crippen molar-refractivity contribution in [3.05, 3.63) is 29.3 Å². The molecular formula is C16H25NO. The maximum absolute atomic E-state index is 5.84. The predicted molar refractivity (Wildman–Crippen MR) is 76.3 cm³/mol. The van der Waals surface area contributed by atoms with Crippen molar-refractivity contribution in [2.45, 2.75) is 51.5 Å². The Morgan fingerprint density at radius 1 is 1.28 bits per heavy atom. The second kappa shape index (κ2) is 6.79. The Morgan fingerprint density at radius 2 is 2.11 bits per heavy atom. The first kappa shape index (κ1) is 13.4. The first-order valence-corrected chi connectivity index (χ1v) is 7.25. The van der Waals surface area contributed by atoms with Crippen LogP contribution in [-0.2, 0) is 12.8 Å². The third-order valence-electron chi connectivity index (χ3n) is 3.94. The van der Waals surface area contributed by atoms with Gasteiger partial charge in [-0.05, 0) is 68.8 Å². The van der Waals surface area contributed by atoms with Crippen LogP contribution in [0.25, 0.3) is 0 Å². The van der Waals surface area contributed by atoms with Gasteiger partial charge in [0.05, 0.1) is 6.61 Å². The molecule has 0 spiro atoms. The molecular weight excluding hydrogens is 222 g/mol. The molecule has 100 valence electrons. The summed E-state index contributed by atoms with van der Waals surface area (Å²) in [6.07, 6.45) is 7.28. The molecule has 0 saturated carbocycles. The van der Waals surface area contributed by atoms with E-state index >= 15 is 0 Å². The lowest BCUT2D eigenvalue weighted by Gasteiger charge is -2.14. The van der Waals surface area contributed by atoms with E-state index in [1.54, 1.807) is 0 Å². The molecule has 0 amide bonds. The van der Waals surface area contributed by atoms with E-state index in [0.717, 1.165) is 18.8 Å². The van der Waals surface area contributed by atoms with E-state index in [9.17, 15) is 0 Å². The Hall–Kier alpha value is -1.02. The van der Waals surface area contributed by atoms with E-state index in [-0.39, 0.29) is 0 Å². The number of hydrogen-bond donors (Lipinski definition) is 1. The molecule has 1 aliphatic rings. The molecule has 1 aromatic carbocycles. The van der Waals surface area contributed by atoms with Crippen LogP contribution in [0.5, 0.6) is 5.75 Å². The predicted octanol–water partition coefficient (Wildman–Crippen LogP) is 3.33. The quantitative estimate of drug-likeness (QED) is 0.746. The molecule has 1 atom stereocenters. The summed E-state index contributed by atoms with van der Waals surface area (Å²) in [7, 11) is 2.04. The van der Waals surface area contributed by atoms with E-state index in [1.165, 1.54) is 43.2 Å². The van der Waals surface area contributed by atoms with Gasteiger partial charge in [-0.2, -0.15) is 0 Å². The average Bonchev–Trinajstić information content (AvgIpc) is 2.86. The fraction of sp³-hybridized carbons (Fsp3) is 0.625. The Morgan fingerprint density at radius 3 is 2.89 bits per heavy atom. The van der Waals surface area contributed by atoms with Gasteiger partial charge in [0, 0.05) is 6.04 Å². The van der Waals surface area contributed by atoms with Gasteiger partial charge < -0.3 is 10.1 Å². The van der Waals surface area contributed by atoms with Gasteiger partial charge in [-0.15, -0.1) is 0 Å². The minimum atomic E-state index is 0.633. The summed E-state index contributed by atoms with van der Waals surface area (Å²) < 4.78 is 5.84. The van der Waals surface area contributed by atoms with E-state index in [0.29, 0.717) is 6.04 Å². The molecule has 18 heavy (non-hydrogen) atoms. The molecule has 0 fully saturated rings. The number of benzene rings is 1. The van der Waals surface area contributed by atoms with Crippen LogP contribution in [0, 0.1) is 0 Å². The fourth-order valence-corrected chi connectivity index (χ4v) is 2.71. The minimum absolute atomic E-state index is 0.633. The topological polar surface area (TPSA) is 21.3 Å². The molecule has 1 aliphatic carbocycles. The van der Waals surface area contributed by atoms with Crippen molar-refractivity contribution in [2.24, 2.45) is 0 Å². The zero-order valence-corrected chi connectivity index (χ0v) is 11.7. The monoisotopic (exact) mass is 247 g/mol. The van der Waals surface area contributed by atoms with E-state index in [4.69, 9.17) is 4.74 Å². The molecule has 2 nitrogen and oxygen atoms in total. The van der Waals surface area contributed by atoms with Crippen molar-refractivity contribution >= 4 is 0 Å². The third kappa shape index (κ3) is 3.49. The van der Waals surface area contributed by atoms with Crippen LogP contribution in [0.1, 0.15) is 43.7 Å². The summed E-state index contributed by atoms with van der Waals surface area (Å²) in [4.78, 5) is 0. The van der Waals surface area contributed by atoms with Crippen molar-refractivity contribution in [1.29, 1.82) is 0 Å². The average molecular weight is 247 g/mol. The van der Waals surface area contributed by atoms with Gasteiger partial charge in [-0.3, -0.25) is 0 Å². The van der Waals surface area contributed by atoms with Crippen molar-refractivity contribution in [1.82, 2.24) is 5.32 Å². The lowest BCUT2D eigenvalue weighted by molar-refractivity contribution is 0.296. The molecule has 1 aromatic rings. The highest BCUT2D eigenvalue weighted by atomic mass is 16.5. The summed E-state index contributed by atoms with van der Waals surface area (Å²) in [5.74, 6) is 1.05. The van der Waals surface area contributed by atoms with Gasteiger partial charge in [0.25, 0.3) is 0 Å². The molecule has 2 heteroatoms. The highest BCUT2D eigenvalue weighted by Crippen LogP contribution is 2.26. The van der Waals surface area contributed by atoms with Crippen molar-refractivity contribution in [3.8, 4) is 5.75 Å². The fourth-order valence-electron chi connectivity index (χ4n) is 2.71. The Balaban J connectivity index is 1.74. The number of ether oxygens (including phenoxy) is 1. The summed E-state index contributed by atoms with van der Waals surface area (Å²) in [6, 6.07) is 7.23. The second-order valence-corrected chi connectivity index (χ2v) is 5.17. The first-order chi connectivity index (χ1) is 8.83.